The predicted molar refractivity (Wildman–Crippen MR) is 50.8 cm³/mol. The van der Waals surface area contributed by atoms with Crippen LogP contribution in [-0.4, -0.2) is 14.6 Å². The number of unbranched alkanes of at least 4 members (excludes halogenated alkanes) is 2. The Morgan fingerprint density at radius 1 is 1.00 bits per heavy atom. The van der Waals surface area contributed by atoms with E-state index in [-0.39, 0.29) is 0 Å². The van der Waals surface area contributed by atoms with Crippen molar-refractivity contribution in [1.29, 1.82) is 0 Å². The standard InChI is InChI=1S/C8H21GeN/c1-3-5-7-9(10)8-6-4-2/h9H,3-8,10H2,1-2H3. The Bertz CT molecular complexity index is 58.3. The minimum atomic E-state index is -1.16. The fourth-order valence-corrected chi connectivity index (χ4v) is 5.60. The van der Waals surface area contributed by atoms with Crippen molar-refractivity contribution in [3.8, 4) is 0 Å². The van der Waals surface area contributed by atoms with E-state index in [1.165, 1.54) is 36.2 Å². The first-order valence-corrected chi connectivity index (χ1v) is 9.39. The van der Waals surface area contributed by atoms with Gasteiger partial charge >= 0.3 is 69.3 Å². The van der Waals surface area contributed by atoms with Gasteiger partial charge in [0.1, 0.15) is 0 Å². The molecule has 62 valence electrons. The zero-order chi connectivity index (χ0) is 7.82. The second kappa shape index (κ2) is 7.61. The third-order valence-electron chi connectivity index (χ3n) is 1.86. The zero-order valence-corrected chi connectivity index (χ0v) is 9.82. The first-order valence-electron chi connectivity index (χ1n) is 4.56. The summed E-state index contributed by atoms with van der Waals surface area (Å²) in [4.78, 5) is 0. The predicted octanol–water partition coefficient (Wildman–Crippen LogP) is 2.27. The minimum absolute atomic E-state index is 1.16. The Kier molecular flexibility index (Phi) is 7.99. The fraction of sp³-hybridized carbons (Fsp3) is 1.00. The van der Waals surface area contributed by atoms with E-state index >= 15 is 0 Å². The fourth-order valence-electron chi connectivity index (χ4n) is 1.08. The van der Waals surface area contributed by atoms with E-state index in [1.807, 2.05) is 0 Å². The third-order valence-corrected chi connectivity index (χ3v) is 6.68. The zero-order valence-electron chi connectivity index (χ0n) is 7.40. The molecular formula is C8H21GeN. The van der Waals surface area contributed by atoms with Crippen LogP contribution in [0.1, 0.15) is 39.5 Å². The number of hydrogen-bond acceptors (Lipinski definition) is 1. The van der Waals surface area contributed by atoms with E-state index in [0.717, 1.165) is 0 Å². The molecular weight excluding hydrogens is 183 g/mol. The average Bonchev–Trinajstić information content (AvgIpc) is 1.97. The Morgan fingerprint density at radius 3 is 1.70 bits per heavy atom. The van der Waals surface area contributed by atoms with Crippen molar-refractivity contribution in [1.82, 2.24) is 0 Å². The van der Waals surface area contributed by atoms with Gasteiger partial charge in [-0.3, -0.25) is 0 Å². The molecule has 0 spiro atoms. The van der Waals surface area contributed by atoms with Crippen LogP contribution in [0.5, 0.6) is 0 Å². The molecule has 0 aromatic carbocycles. The van der Waals surface area contributed by atoms with Gasteiger partial charge in [0.05, 0.1) is 0 Å². The summed E-state index contributed by atoms with van der Waals surface area (Å²) in [6.07, 6.45) is 5.41. The molecule has 0 aromatic heterocycles. The van der Waals surface area contributed by atoms with Crippen molar-refractivity contribution < 1.29 is 0 Å². The molecule has 10 heavy (non-hydrogen) atoms. The molecule has 0 aliphatic carbocycles. The van der Waals surface area contributed by atoms with Gasteiger partial charge in [-0.25, -0.2) is 0 Å². The molecule has 0 rings (SSSR count). The molecule has 0 aliphatic heterocycles. The van der Waals surface area contributed by atoms with Gasteiger partial charge < -0.3 is 0 Å². The van der Waals surface area contributed by atoms with Gasteiger partial charge in [-0.1, -0.05) is 0 Å². The molecule has 0 heterocycles. The maximum absolute atomic E-state index is 6.03. The molecule has 0 saturated carbocycles. The van der Waals surface area contributed by atoms with E-state index in [4.69, 9.17) is 4.69 Å². The van der Waals surface area contributed by atoms with Gasteiger partial charge in [-0.2, -0.15) is 0 Å². The van der Waals surface area contributed by atoms with E-state index in [2.05, 4.69) is 13.8 Å². The Morgan fingerprint density at radius 2 is 1.40 bits per heavy atom. The van der Waals surface area contributed by atoms with E-state index in [1.54, 1.807) is 0 Å². The quantitative estimate of drug-likeness (QED) is 0.659. The van der Waals surface area contributed by atoms with Crippen LogP contribution in [0.4, 0.5) is 0 Å². The topological polar surface area (TPSA) is 26.0 Å². The van der Waals surface area contributed by atoms with Crippen molar-refractivity contribution in [3.63, 3.8) is 0 Å². The Balaban J connectivity index is 3.00. The summed E-state index contributed by atoms with van der Waals surface area (Å²) in [7, 11) is 0. The summed E-state index contributed by atoms with van der Waals surface area (Å²) in [6.45, 7) is 4.49. The molecule has 0 amide bonds. The van der Waals surface area contributed by atoms with E-state index in [9.17, 15) is 0 Å². The summed E-state index contributed by atoms with van der Waals surface area (Å²) >= 11 is -1.16. The van der Waals surface area contributed by atoms with Crippen LogP contribution >= 0.6 is 0 Å². The molecule has 2 heteroatoms. The van der Waals surface area contributed by atoms with Crippen molar-refractivity contribution in [2.45, 2.75) is 50.0 Å². The maximum atomic E-state index is 6.03. The summed E-state index contributed by atoms with van der Waals surface area (Å²) in [6, 6.07) is 0. The molecule has 0 bridgehead atoms. The molecule has 0 unspecified atom stereocenters. The number of rotatable bonds is 6. The first-order chi connectivity index (χ1) is 4.81. The average molecular weight is 204 g/mol. The normalized spacial score (nSPS) is 10.8. The Hall–Kier alpha value is 0.503. The van der Waals surface area contributed by atoms with Crippen LogP contribution in [0.2, 0.25) is 10.5 Å². The number of hydrogen-bond donors (Lipinski definition) is 1. The molecule has 0 saturated heterocycles. The van der Waals surface area contributed by atoms with E-state index in [0.29, 0.717) is 0 Å². The van der Waals surface area contributed by atoms with Gasteiger partial charge in [0.15, 0.2) is 0 Å². The summed E-state index contributed by atoms with van der Waals surface area (Å²) in [5, 5.41) is 2.81. The molecule has 0 aromatic rings. The molecule has 0 aliphatic rings. The summed E-state index contributed by atoms with van der Waals surface area (Å²) < 4.78 is 6.03. The second-order valence-electron chi connectivity index (χ2n) is 3.04. The summed E-state index contributed by atoms with van der Waals surface area (Å²) in [5.41, 5.74) is 0. The van der Waals surface area contributed by atoms with Crippen LogP contribution in [0.3, 0.4) is 0 Å². The van der Waals surface area contributed by atoms with Crippen LogP contribution in [0.15, 0.2) is 0 Å². The van der Waals surface area contributed by atoms with Gasteiger partial charge in [0, 0.05) is 0 Å². The molecule has 0 fully saturated rings. The molecule has 1 nitrogen and oxygen atoms in total. The number of nitrogens with two attached hydrogens (primary N) is 1. The SMILES string of the molecule is CCC[CH2][GeH]([NH2])[CH2]CCC. The van der Waals surface area contributed by atoms with Crippen molar-refractivity contribution in [2.75, 3.05) is 0 Å². The third kappa shape index (κ3) is 6.62. The van der Waals surface area contributed by atoms with Crippen molar-refractivity contribution >= 4 is 14.6 Å². The van der Waals surface area contributed by atoms with Crippen molar-refractivity contribution in [2.24, 2.45) is 4.69 Å². The second-order valence-corrected chi connectivity index (χ2v) is 8.66. The van der Waals surface area contributed by atoms with E-state index < -0.39 is 14.6 Å². The molecule has 2 N–H and O–H groups in total. The van der Waals surface area contributed by atoms with Crippen LogP contribution in [-0.2, 0) is 0 Å². The molecule has 0 radical (unpaired) electrons. The monoisotopic (exact) mass is 205 g/mol. The van der Waals surface area contributed by atoms with Crippen LogP contribution < -0.4 is 4.69 Å². The van der Waals surface area contributed by atoms with Gasteiger partial charge in [0.2, 0.25) is 0 Å². The first kappa shape index (κ1) is 10.5. The van der Waals surface area contributed by atoms with Crippen molar-refractivity contribution in [3.05, 3.63) is 0 Å². The van der Waals surface area contributed by atoms with Gasteiger partial charge in [0.25, 0.3) is 0 Å². The summed E-state index contributed by atoms with van der Waals surface area (Å²) in [5.74, 6) is 0. The Labute approximate surface area is 69.7 Å². The molecule has 0 atom stereocenters. The van der Waals surface area contributed by atoms with Crippen LogP contribution in [0.25, 0.3) is 0 Å². The van der Waals surface area contributed by atoms with Gasteiger partial charge in [-0.05, 0) is 0 Å². The van der Waals surface area contributed by atoms with Gasteiger partial charge in [-0.15, -0.1) is 0 Å². The van der Waals surface area contributed by atoms with Crippen LogP contribution in [0, 0.1) is 0 Å².